The zero-order chi connectivity index (χ0) is 26.9. The number of urea groups is 1. The second-order valence-electron chi connectivity index (χ2n) is 9.45. The van der Waals surface area contributed by atoms with Crippen molar-refractivity contribution in [1.82, 2.24) is 14.8 Å². The van der Waals surface area contributed by atoms with E-state index in [9.17, 15) is 19.8 Å². The highest BCUT2D eigenvalue weighted by molar-refractivity contribution is 5.97. The number of nitrogens with one attached hydrogen (secondary N) is 1. The Morgan fingerprint density at radius 3 is 2.76 bits per heavy atom. The van der Waals surface area contributed by atoms with Gasteiger partial charge in [0.15, 0.2) is 0 Å². The lowest BCUT2D eigenvalue weighted by molar-refractivity contribution is 0.0356. The zero-order valence-electron chi connectivity index (χ0n) is 21.8. The largest absolute Gasteiger partial charge is 0.472 e. The van der Waals surface area contributed by atoms with Crippen molar-refractivity contribution in [2.24, 2.45) is 5.92 Å². The molecule has 0 fully saturated rings. The van der Waals surface area contributed by atoms with Gasteiger partial charge in [-0.05, 0) is 31.5 Å². The lowest BCUT2D eigenvalue weighted by Gasteiger charge is -2.37. The van der Waals surface area contributed by atoms with E-state index in [0.717, 1.165) is 6.42 Å². The maximum Gasteiger partial charge on any atom is 0.321 e. The van der Waals surface area contributed by atoms with E-state index >= 15 is 0 Å². The Bertz CT molecular complexity index is 1130. The summed E-state index contributed by atoms with van der Waals surface area (Å²) in [7, 11) is 1.68. The third-order valence-corrected chi connectivity index (χ3v) is 6.29. The summed E-state index contributed by atoms with van der Waals surface area (Å²) < 4.78 is 6.23. The van der Waals surface area contributed by atoms with Crippen LogP contribution in [0, 0.1) is 17.8 Å². The number of amides is 3. The van der Waals surface area contributed by atoms with E-state index in [1.807, 2.05) is 44.2 Å². The number of aliphatic hydroxyl groups excluding tert-OH is 2. The summed E-state index contributed by atoms with van der Waals surface area (Å²) in [6.45, 7) is 6.06. The number of hydrogen-bond donors (Lipinski definition) is 3. The van der Waals surface area contributed by atoms with E-state index in [1.165, 1.54) is 11.1 Å². The first-order valence-electron chi connectivity index (χ1n) is 12.6. The van der Waals surface area contributed by atoms with Crippen LogP contribution in [0.15, 0.2) is 42.6 Å². The van der Waals surface area contributed by atoms with Gasteiger partial charge in [0.25, 0.3) is 5.91 Å². The number of carbonyl (C=O) groups is 2. The first kappa shape index (κ1) is 28.0. The van der Waals surface area contributed by atoms with Gasteiger partial charge in [0.2, 0.25) is 5.88 Å². The number of anilines is 1. The second-order valence-corrected chi connectivity index (χ2v) is 9.45. The molecule has 9 heteroatoms. The van der Waals surface area contributed by atoms with Gasteiger partial charge in [-0.25, -0.2) is 9.78 Å². The minimum absolute atomic E-state index is 0.146. The fourth-order valence-electron chi connectivity index (χ4n) is 3.99. The number of rotatable bonds is 7. The first-order valence-corrected chi connectivity index (χ1v) is 12.6. The summed E-state index contributed by atoms with van der Waals surface area (Å²) in [5, 5.41) is 22.6. The normalized spacial score (nSPS) is 18.8. The number of ether oxygens (including phenoxy) is 1. The van der Waals surface area contributed by atoms with Crippen molar-refractivity contribution in [2.45, 2.75) is 51.9 Å². The van der Waals surface area contributed by atoms with E-state index in [2.05, 4.69) is 22.1 Å². The Morgan fingerprint density at radius 1 is 1.35 bits per heavy atom. The quantitative estimate of drug-likeness (QED) is 0.496. The van der Waals surface area contributed by atoms with Crippen LogP contribution < -0.4 is 10.1 Å². The van der Waals surface area contributed by atoms with E-state index < -0.39 is 18.2 Å². The molecule has 198 valence electrons. The highest BCUT2D eigenvalue weighted by atomic mass is 16.5. The van der Waals surface area contributed by atoms with Gasteiger partial charge in [-0.2, -0.15) is 0 Å². The SMILES string of the molecule is CCCC(O)C#Cc1cnc2c(c1)C(=O)N([C@H](C)CO)C[C@H](C)[C@H](CN(C)C(=O)Nc1ccccc1)O2. The topological polar surface area (TPSA) is 115 Å². The Labute approximate surface area is 218 Å². The van der Waals surface area contributed by atoms with Crippen LogP contribution in [0.25, 0.3) is 0 Å². The zero-order valence-corrected chi connectivity index (χ0v) is 21.8. The molecule has 1 aromatic carbocycles. The Hall–Kier alpha value is -3.61. The number of hydrogen-bond acceptors (Lipinski definition) is 6. The van der Waals surface area contributed by atoms with E-state index in [-0.39, 0.29) is 42.5 Å². The van der Waals surface area contributed by atoms with Crippen LogP contribution in [0.4, 0.5) is 10.5 Å². The molecule has 0 bridgehead atoms. The number of carbonyl (C=O) groups excluding carboxylic acids is 2. The molecule has 3 rings (SSSR count). The molecule has 2 heterocycles. The molecule has 9 nitrogen and oxygen atoms in total. The number of aliphatic hydroxyl groups is 2. The first-order chi connectivity index (χ1) is 17.7. The van der Waals surface area contributed by atoms with Crippen molar-refractivity contribution in [3.8, 4) is 17.7 Å². The summed E-state index contributed by atoms with van der Waals surface area (Å²) in [5.41, 5.74) is 1.39. The fourth-order valence-corrected chi connectivity index (χ4v) is 3.99. The van der Waals surface area contributed by atoms with Crippen LogP contribution >= 0.6 is 0 Å². The van der Waals surface area contributed by atoms with Gasteiger partial charge in [0, 0.05) is 37.0 Å². The predicted molar refractivity (Wildman–Crippen MR) is 141 cm³/mol. The average molecular weight is 509 g/mol. The Balaban J connectivity index is 1.88. The lowest BCUT2D eigenvalue weighted by Crippen LogP contribution is -2.50. The van der Waals surface area contributed by atoms with Crippen molar-refractivity contribution < 1.29 is 24.5 Å². The average Bonchev–Trinajstić information content (AvgIpc) is 2.89. The van der Waals surface area contributed by atoms with E-state index in [4.69, 9.17) is 4.74 Å². The lowest BCUT2D eigenvalue weighted by atomic mass is 10.00. The molecule has 3 N–H and O–H groups in total. The summed E-state index contributed by atoms with van der Waals surface area (Å²) >= 11 is 0. The maximum atomic E-state index is 13.5. The summed E-state index contributed by atoms with van der Waals surface area (Å²) in [4.78, 5) is 33.8. The van der Waals surface area contributed by atoms with Crippen molar-refractivity contribution in [3.63, 3.8) is 0 Å². The standard InChI is InChI=1S/C28H36N4O5/c1-5-9-23(34)13-12-21-14-24-26(29-15-21)37-25(19(2)16-32(27(24)35)20(3)18-33)17-31(4)28(36)30-22-10-7-6-8-11-22/h6-8,10-11,14-15,19-20,23,25,33-34H,5,9,16-18H2,1-4H3,(H,30,36)/t19-,20+,23?,25-/m0/s1. The molecule has 1 aliphatic heterocycles. The van der Waals surface area contributed by atoms with Crippen molar-refractivity contribution in [2.75, 3.05) is 32.1 Å². The predicted octanol–water partition coefficient (Wildman–Crippen LogP) is 2.98. The monoisotopic (exact) mass is 508 g/mol. The van der Waals surface area contributed by atoms with Gasteiger partial charge in [-0.3, -0.25) is 4.79 Å². The number of aromatic nitrogens is 1. The summed E-state index contributed by atoms with van der Waals surface area (Å²) in [5.74, 6) is 5.33. The van der Waals surface area contributed by atoms with Crippen molar-refractivity contribution >= 4 is 17.6 Å². The highest BCUT2D eigenvalue weighted by Crippen LogP contribution is 2.27. The molecular formula is C28H36N4O5. The number of benzene rings is 1. The molecular weight excluding hydrogens is 472 g/mol. The Kier molecular flexibility index (Phi) is 9.89. The van der Waals surface area contributed by atoms with Crippen LogP contribution in [0.2, 0.25) is 0 Å². The molecule has 1 aromatic heterocycles. The van der Waals surface area contributed by atoms with E-state index in [1.54, 1.807) is 24.9 Å². The van der Waals surface area contributed by atoms with Crippen LogP contribution in [0.3, 0.4) is 0 Å². The summed E-state index contributed by atoms with van der Waals surface area (Å²) in [6, 6.07) is 10.1. The van der Waals surface area contributed by atoms with Crippen molar-refractivity contribution in [1.29, 1.82) is 0 Å². The molecule has 0 saturated heterocycles. The number of pyridine rings is 1. The highest BCUT2D eigenvalue weighted by Gasteiger charge is 2.34. The number of para-hydroxylation sites is 1. The van der Waals surface area contributed by atoms with Gasteiger partial charge in [0.1, 0.15) is 17.8 Å². The van der Waals surface area contributed by atoms with Gasteiger partial charge in [0.05, 0.1) is 19.2 Å². The third-order valence-electron chi connectivity index (χ3n) is 6.29. The van der Waals surface area contributed by atoms with Crippen LogP contribution in [0.5, 0.6) is 5.88 Å². The molecule has 0 radical (unpaired) electrons. The van der Waals surface area contributed by atoms with Crippen LogP contribution in [0.1, 0.15) is 49.5 Å². The van der Waals surface area contributed by atoms with Gasteiger partial charge < -0.3 is 30.1 Å². The molecule has 4 atom stereocenters. The molecule has 1 aliphatic rings. The Morgan fingerprint density at radius 2 is 2.08 bits per heavy atom. The molecule has 1 unspecified atom stereocenters. The molecule has 2 aromatic rings. The third kappa shape index (κ3) is 7.44. The molecule has 0 spiro atoms. The number of likely N-dealkylation sites (N-methyl/N-ethyl adjacent to an activating group) is 1. The molecule has 0 saturated carbocycles. The van der Waals surface area contributed by atoms with Gasteiger partial charge in [-0.1, -0.05) is 50.3 Å². The minimum atomic E-state index is -0.757. The van der Waals surface area contributed by atoms with Crippen LogP contribution in [-0.4, -0.2) is 81.9 Å². The number of nitrogens with zero attached hydrogens (tertiary/aromatic N) is 3. The molecule has 0 aliphatic carbocycles. The van der Waals surface area contributed by atoms with Gasteiger partial charge >= 0.3 is 6.03 Å². The maximum absolute atomic E-state index is 13.5. The number of fused-ring (bicyclic) bond motifs is 1. The molecule has 3 amide bonds. The minimum Gasteiger partial charge on any atom is -0.472 e. The van der Waals surface area contributed by atoms with Crippen LogP contribution in [-0.2, 0) is 0 Å². The fraction of sp³-hybridized carbons (Fsp3) is 0.464. The second kappa shape index (κ2) is 13.1. The van der Waals surface area contributed by atoms with Crippen molar-refractivity contribution in [3.05, 3.63) is 53.7 Å². The summed E-state index contributed by atoms with van der Waals surface area (Å²) in [6.07, 6.45) is 1.64. The van der Waals surface area contributed by atoms with E-state index in [0.29, 0.717) is 24.2 Å². The smallest absolute Gasteiger partial charge is 0.321 e. The molecule has 37 heavy (non-hydrogen) atoms. The van der Waals surface area contributed by atoms with Gasteiger partial charge in [-0.15, -0.1) is 0 Å².